The summed E-state index contributed by atoms with van der Waals surface area (Å²) in [6.07, 6.45) is 1.14. The first-order chi connectivity index (χ1) is 11.3. The van der Waals surface area contributed by atoms with Crippen LogP contribution in [0.5, 0.6) is 0 Å². The molecule has 0 spiro atoms. The molecule has 0 saturated carbocycles. The Balaban J connectivity index is 2.04. The van der Waals surface area contributed by atoms with Gasteiger partial charge in [-0.15, -0.1) is 0 Å². The number of amides is 1. The third-order valence-electron chi connectivity index (χ3n) is 3.47. The second-order valence-corrected chi connectivity index (χ2v) is 7.19. The normalized spacial score (nSPS) is 11.1. The Labute approximate surface area is 141 Å². The molecule has 0 aromatic heterocycles. The van der Waals surface area contributed by atoms with Gasteiger partial charge in [-0.1, -0.05) is 12.1 Å². The highest BCUT2D eigenvalue weighted by atomic mass is 32.2. The van der Waals surface area contributed by atoms with Gasteiger partial charge < -0.3 is 5.32 Å². The van der Waals surface area contributed by atoms with Gasteiger partial charge in [0, 0.05) is 18.7 Å². The Hall–Kier alpha value is -2.41. The van der Waals surface area contributed by atoms with Crippen molar-refractivity contribution in [2.45, 2.75) is 13.5 Å². The van der Waals surface area contributed by atoms with E-state index in [1.54, 1.807) is 43.3 Å². The van der Waals surface area contributed by atoms with E-state index in [4.69, 9.17) is 0 Å². The van der Waals surface area contributed by atoms with Crippen LogP contribution >= 0.6 is 0 Å². The van der Waals surface area contributed by atoms with E-state index in [0.717, 1.165) is 11.8 Å². The molecule has 128 valence electrons. The molecule has 0 fully saturated rings. The minimum atomic E-state index is -3.35. The predicted molar refractivity (Wildman–Crippen MR) is 91.9 cm³/mol. The topological polar surface area (TPSA) is 66.5 Å². The molecule has 0 aliphatic heterocycles. The standard InChI is InChI=1S/C17H19FN2O3S/c1-3-20(24(2,22)23)16-10-6-14(7-11-16)17(21)19-12-13-4-8-15(18)9-5-13/h4-11H,3,12H2,1-2H3,(H,19,21). The summed E-state index contributed by atoms with van der Waals surface area (Å²) in [5.41, 5.74) is 1.72. The molecule has 2 rings (SSSR count). The minimum absolute atomic E-state index is 0.283. The number of carbonyl (C=O) groups excluding carboxylic acids is 1. The van der Waals surface area contributed by atoms with Gasteiger partial charge in [0.1, 0.15) is 5.82 Å². The summed E-state index contributed by atoms with van der Waals surface area (Å²) in [4.78, 5) is 12.1. The number of benzene rings is 2. The number of carbonyl (C=O) groups is 1. The summed E-state index contributed by atoms with van der Waals surface area (Å²) < 4.78 is 37.5. The van der Waals surface area contributed by atoms with E-state index in [1.807, 2.05) is 0 Å². The van der Waals surface area contributed by atoms with Gasteiger partial charge in [0.15, 0.2) is 0 Å². The lowest BCUT2D eigenvalue weighted by atomic mass is 10.1. The SMILES string of the molecule is CCN(c1ccc(C(=O)NCc2ccc(F)cc2)cc1)S(C)(=O)=O. The highest BCUT2D eigenvalue weighted by Gasteiger charge is 2.15. The summed E-state index contributed by atoms with van der Waals surface area (Å²) >= 11 is 0. The van der Waals surface area contributed by atoms with Crippen LogP contribution in [-0.4, -0.2) is 27.1 Å². The van der Waals surface area contributed by atoms with E-state index < -0.39 is 10.0 Å². The molecular formula is C17H19FN2O3S. The maximum atomic E-state index is 12.8. The Kier molecular flexibility index (Phi) is 5.56. The largest absolute Gasteiger partial charge is 0.348 e. The predicted octanol–water partition coefficient (Wildman–Crippen LogP) is 2.54. The zero-order valence-corrected chi connectivity index (χ0v) is 14.3. The number of hydrogen-bond donors (Lipinski definition) is 1. The molecule has 1 amide bonds. The number of rotatable bonds is 6. The molecule has 0 aliphatic rings. The summed E-state index contributed by atoms with van der Waals surface area (Å²) in [7, 11) is -3.35. The number of hydrogen-bond acceptors (Lipinski definition) is 3. The van der Waals surface area contributed by atoms with Crippen molar-refractivity contribution in [3.05, 3.63) is 65.5 Å². The number of sulfonamides is 1. The van der Waals surface area contributed by atoms with E-state index in [2.05, 4.69) is 5.32 Å². The van der Waals surface area contributed by atoms with Crippen LogP contribution in [0, 0.1) is 5.82 Å². The fourth-order valence-electron chi connectivity index (χ4n) is 2.27. The van der Waals surface area contributed by atoms with Crippen molar-refractivity contribution in [1.82, 2.24) is 5.32 Å². The molecule has 1 N–H and O–H groups in total. The molecule has 0 unspecified atom stereocenters. The number of anilines is 1. The maximum absolute atomic E-state index is 12.8. The van der Waals surface area contributed by atoms with Gasteiger partial charge >= 0.3 is 0 Å². The van der Waals surface area contributed by atoms with Crippen molar-refractivity contribution >= 4 is 21.6 Å². The molecule has 0 aliphatic carbocycles. The fraction of sp³-hybridized carbons (Fsp3) is 0.235. The van der Waals surface area contributed by atoms with E-state index in [9.17, 15) is 17.6 Å². The molecule has 0 heterocycles. The lowest BCUT2D eigenvalue weighted by molar-refractivity contribution is 0.0951. The third kappa shape index (κ3) is 4.55. The smallest absolute Gasteiger partial charge is 0.251 e. The quantitative estimate of drug-likeness (QED) is 0.871. The number of nitrogens with one attached hydrogen (secondary N) is 1. The van der Waals surface area contributed by atoms with Crippen molar-refractivity contribution < 1.29 is 17.6 Å². The van der Waals surface area contributed by atoms with Crippen LogP contribution in [0.25, 0.3) is 0 Å². The van der Waals surface area contributed by atoms with Crippen LogP contribution in [0.4, 0.5) is 10.1 Å². The molecule has 5 nitrogen and oxygen atoms in total. The molecule has 2 aromatic carbocycles. The van der Waals surface area contributed by atoms with E-state index in [1.165, 1.54) is 16.4 Å². The van der Waals surface area contributed by atoms with E-state index >= 15 is 0 Å². The van der Waals surface area contributed by atoms with Gasteiger partial charge in [0.05, 0.1) is 11.9 Å². The van der Waals surface area contributed by atoms with E-state index in [0.29, 0.717) is 17.8 Å². The van der Waals surface area contributed by atoms with Crippen molar-refractivity contribution in [3.8, 4) is 0 Å². The third-order valence-corrected chi connectivity index (χ3v) is 4.74. The number of halogens is 1. The monoisotopic (exact) mass is 350 g/mol. The zero-order chi connectivity index (χ0) is 17.7. The Bertz CT molecular complexity index is 803. The molecule has 7 heteroatoms. The van der Waals surface area contributed by atoms with Gasteiger partial charge in [0.2, 0.25) is 10.0 Å². The van der Waals surface area contributed by atoms with Gasteiger partial charge in [-0.3, -0.25) is 9.10 Å². The van der Waals surface area contributed by atoms with Crippen LogP contribution in [-0.2, 0) is 16.6 Å². The van der Waals surface area contributed by atoms with Crippen molar-refractivity contribution in [1.29, 1.82) is 0 Å². The zero-order valence-electron chi connectivity index (χ0n) is 13.5. The molecule has 0 bridgehead atoms. The average molecular weight is 350 g/mol. The summed E-state index contributed by atoms with van der Waals surface area (Å²) in [5.74, 6) is -0.611. The molecule has 2 aromatic rings. The number of nitrogens with zero attached hydrogens (tertiary/aromatic N) is 1. The van der Waals surface area contributed by atoms with Gasteiger partial charge in [-0.2, -0.15) is 0 Å². The highest BCUT2D eigenvalue weighted by Crippen LogP contribution is 2.18. The van der Waals surface area contributed by atoms with Gasteiger partial charge in [0.25, 0.3) is 5.91 Å². The lowest BCUT2D eigenvalue weighted by Crippen LogP contribution is -2.29. The second-order valence-electron chi connectivity index (χ2n) is 5.28. The van der Waals surface area contributed by atoms with Crippen molar-refractivity contribution in [3.63, 3.8) is 0 Å². The first-order valence-electron chi connectivity index (χ1n) is 7.41. The van der Waals surface area contributed by atoms with Crippen LogP contribution in [0.15, 0.2) is 48.5 Å². The minimum Gasteiger partial charge on any atom is -0.348 e. The molecule has 0 atom stereocenters. The first-order valence-corrected chi connectivity index (χ1v) is 9.26. The Morgan fingerprint density at radius 1 is 1.08 bits per heavy atom. The maximum Gasteiger partial charge on any atom is 0.251 e. The van der Waals surface area contributed by atoms with Crippen LogP contribution in [0.1, 0.15) is 22.8 Å². The molecule has 0 radical (unpaired) electrons. The fourth-order valence-corrected chi connectivity index (χ4v) is 3.25. The van der Waals surface area contributed by atoms with Crippen LogP contribution in [0.2, 0.25) is 0 Å². The highest BCUT2D eigenvalue weighted by molar-refractivity contribution is 7.92. The van der Waals surface area contributed by atoms with Crippen LogP contribution in [0.3, 0.4) is 0 Å². The Morgan fingerprint density at radius 2 is 1.67 bits per heavy atom. The van der Waals surface area contributed by atoms with Crippen LogP contribution < -0.4 is 9.62 Å². The summed E-state index contributed by atoms with van der Waals surface area (Å²) in [6.45, 7) is 2.34. The first kappa shape index (κ1) is 17.9. The Morgan fingerprint density at radius 3 is 2.17 bits per heavy atom. The molecule has 24 heavy (non-hydrogen) atoms. The van der Waals surface area contributed by atoms with Gasteiger partial charge in [-0.05, 0) is 48.9 Å². The summed E-state index contributed by atoms with van der Waals surface area (Å²) in [6, 6.07) is 12.2. The van der Waals surface area contributed by atoms with Crippen molar-refractivity contribution in [2.24, 2.45) is 0 Å². The van der Waals surface area contributed by atoms with Gasteiger partial charge in [-0.25, -0.2) is 12.8 Å². The lowest BCUT2D eigenvalue weighted by Gasteiger charge is -2.20. The van der Waals surface area contributed by atoms with E-state index in [-0.39, 0.29) is 18.3 Å². The summed E-state index contributed by atoms with van der Waals surface area (Å²) in [5, 5.41) is 2.73. The molecule has 0 saturated heterocycles. The average Bonchev–Trinajstić information content (AvgIpc) is 2.54. The second kappa shape index (κ2) is 7.44. The molecular weight excluding hydrogens is 331 g/mol. The van der Waals surface area contributed by atoms with Crippen molar-refractivity contribution in [2.75, 3.05) is 17.1 Å².